The minimum atomic E-state index is -1.50. The van der Waals surface area contributed by atoms with Crippen LogP contribution < -0.4 is 0 Å². The molecule has 2 aliphatic heterocycles. The van der Waals surface area contributed by atoms with Crippen molar-refractivity contribution in [2.75, 3.05) is 7.11 Å². The maximum absolute atomic E-state index is 10.1. The van der Waals surface area contributed by atoms with E-state index in [4.69, 9.17) is 18.9 Å². The van der Waals surface area contributed by atoms with Gasteiger partial charge in [0.15, 0.2) is 12.6 Å². The average molecular weight is 324 g/mol. The molecule has 22 heavy (non-hydrogen) atoms. The smallest absolute Gasteiger partial charge is 0.187 e. The zero-order chi connectivity index (χ0) is 16.6. The molecular weight excluding hydrogens is 300 g/mol. The summed E-state index contributed by atoms with van der Waals surface area (Å²) in [6.07, 6.45) is -11.5. The second kappa shape index (κ2) is 7.04. The summed E-state index contributed by atoms with van der Waals surface area (Å²) < 4.78 is 21.1. The van der Waals surface area contributed by atoms with Gasteiger partial charge in [-0.05, 0) is 13.8 Å². The Morgan fingerprint density at radius 1 is 0.682 bits per heavy atom. The molecule has 0 bridgehead atoms. The summed E-state index contributed by atoms with van der Waals surface area (Å²) >= 11 is 0. The SMILES string of the molecule is CO[C@@H]1O[C@H](C)[C@@H](O[C@H]2O[C@H](C)[C@@H](O)[C@H](O)[C@H]2O)[C@H](O)[C@H]1O. The molecule has 0 saturated carbocycles. The number of rotatable bonds is 3. The van der Waals surface area contributed by atoms with E-state index in [1.54, 1.807) is 6.92 Å². The molecule has 0 amide bonds. The van der Waals surface area contributed by atoms with E-state index in [9.17, 15) is 25.5 Å². The van der Waals surface area contributed by atoms with E-state index < -0.39 is 61.4 Å². The van der Waals surface area contributed by atoms with Crippen LogP contribution >= 0.6 is 0 Å². The lowest BCUT2D eigenvalue weighted by Crippen LogP contribution is -2.63. The topological polar surface area (TPSA) is 138 Å². The zero-order valence-electron chi connectivity index (χ0n) is 12.6. The van der Waals surface area contributed by atoms with E-state index in [0.29, 0.717) is 0 Å². The molecule has 0 unspecified atom stereocenters. The van der Waals surface area contributed by atoms with Crippen molar-refractivity contribution in [3.05, 3.63) is 0 Å². The molecule has 2 fully saturated rings. The third-order valence-corrected chi connectivity index (χ3v) is 4.11. The Hall–Kier alpha value is -0.360. The molecule has 2 heterocycles. The highest BCUT2D eigenvalue weighted by molar-refractivity contribution is 4.92. The van der Waals surface area contributed by atoms with Crippen LogP contribution in [0, 0.1) is 0 Å². The Balaban J connectivity index is 2.06. The quantitative estimate of drug-likeness (QED) is 0.376. The van der Waals surface area contributed by atoms with E-state index in [2.05, 4.69) is 0 Å². The second-order valence-corrected chi connectivity index (χ2v) is 5.71. The maximum Gasteiger partial charge on any atom is 0.187 e. The molecule has 0 aromatic heterocycles. The van der Waals surface area contributed by atoms with Gasteiger partial charge in [-0.2, -0.15) is 0 Å². The van der Waals surface area contributed by atoms with E-state index in [-0.39, 0.29) is 0 Å². The first-order valence-electron chi connectivity index (χ1n) is 7.17. The first kappa shape index (κ1) is 18.0. The van der Waals surface area contributed by atoms with Gasteiger partial charge < -0.3 is 44.5 Å². The number of aliphatic hydroxyl groups excluding tert-OH is 5. The maximum atomic E-state index is 10.1. The molecule has 2 aliphatic rings. The highest BCUT2D eigenvalue weighted by atomic mass is 16.7. The summed E-state index contributed by atoms with van der Waals surface area (Å²) in [4.78, 5) is 0. The van der Waals surface area contributed by atoms with Crippen LogP contribution in [0.1, 0.15) is 13.8 Å². The Morgan fingerprint density at radius 2 is 1.23 bits per heavy atom. The third-order valence-electron chi connectivity index (χ3n) is 4.11. The molecule has 0 aliphatic carbocycles. The van der Waals surface area contributed by atoms with Crippen molar-refractivity contribution in [3.8, 4) is 0 Å². The van der Waals surface area contributed by atoms with Gasteiger partial charge in [0.25, 0.3) is 0 Å². The summed E-state index contributed by atoms with van der Waals surface area (Å²) in [6.45, 7) is 3.12. The van der Waals surface area contributed by atoms with Crippen molar-refractivity contribution in [1.29, 1.82) is 0 Å². The fourth-order valence-electron chi connectivity index (χ4n) is 2.67. The molecule has 2 rings (SSSR count). The van der Waals surface area contributed by atoms with Crippen molar-refractivity contribution in [2.45, 2.75) is 75.3 Å². The van der Waals surface area contributed by atoms with E-state index in [0.717, 1.165) is 0 Å². The van der Waals surface area contributed by atoms with E-state index in [1.165, 1.54) is 14.0 Å². The van der Waals surface area contributed by atoms with Crippen molar-refractivity contribution >= 4 is 0 Å². The number of aliphatic hydroxyl groups is 5. The van der Waals surface area contributed by atoms with Gasteiger partial charge in [-0.3, -0.25) is 0 Å². The number of hydrogen-bond donors (Lipinski definition) is 5. The summed E-state index contributed by atoms with van der Waals surface area (Å²) in [5.41, 5.74) is 0. The van der Waals surface area contributed by atoms with E-state index in [1.807, 2.05) is 0 Å². The van der Waals surface area contributed by atoms with Crippen LogP contribution in [-0.4, -0.2) is 94.1 Å². The molecule has 9 nitrogen and oxygen atoms in total. The predicted molar refractivity (Wildman–Crippen MR) is 70.6 cm³/mol. The van der Waals surface area contributed by atoms with Gasteiger partial charge in [0.05, 0.1) is 12.2 Å². The molecule has 2 saturated heterocycles. The normalized spacial score (nSPS) is 53.5. The summed E-state index contributed by atoms with van der Waals surface area (Å²) in [5, 5.41) is 49.3. The first-order valence-corrected chi connectivity index (χ1v) is 7.17. The molecule has 0 radical (unpaired) electrons. The van der Waals surface area contributed by atoms with Gasteiger partial charge >= 0.3 is 0 Å². The second-order valence-electron chi connectivity index (χ2n) is 5.71. The molecule has 0 aromatic carbocycles. The third kappa shape index (κ3) is 3.28. The molecule has 0 spiro atoms. The summed E-state index contributed by atoms with van der Waals surface area (Å²) in [5.74, 6) is 0. The van der Waals surface area contributed by atoms with Crippen LogP contribution in [0.3, 0.4) is 0 Å². The zero-order valence-corrected chi connectivity index (χ0v) is 12.6. The van der Waals surface area contributed by atoms with Crippen LogP contribution in [0.5, 0.6) is 0 Å². The summed E-state index contributed by atoms with van der Waals surface area (Å²) in [6, 6.07) is 0. The monoisotopic (exact) mass is 324 g/mol. The van der Waals surface area contributed by atoms with Gasteiger partial charge in [-0.25, -0.2) is 0 Å². The molecule has 5 N–H and O–H groups in total. The Bertz CT molecular complexity index is 367. The van der Waals surface area contributed by atoms with Crippen molar-refractivity contribution < 1.29 is 44.5 Å². The lowest BCUT2D eigenvalue weighted by molar-refractivity contribution is -0.350. The molecule has 130 valence electrons. The Kier molecular flexibility index (Phi) is 5.75. The number of methoxy groups -OCH3 is 1. The van der Waals surface area contributed by atoms with Gasteiger partial charge in [0.1, 0.15) is 36.6 Å². The lowest BCUT2D eigenvalue weighted by atomic mass is 9.97. The molecule has 9 heteroatoms. The van der Waals surface area contributed by atoms with Crippen LogP contribution in [0.2, 0.25) is 0 Å². The number of hydrogen-bond acceptors (Lipinski definition) is 9. The Labute approximate surface area is 128 Å². The van der Waals surface area contributed by atoms with Crippen LogP contribution in [0.4, 0.5) is 0 Å². The summed E-state index contributed by atoms with van der Waals surface area (Å²) in [7, 11) is 1.34. The molecule has 10 atom stereocenters. The fourth-order valence-corrected chi connectivity index (χ4v) is 2.67. The van der Waals surface area contributed by atoms with Crippen molar-refractivity contribution in [2.24, 2.45) is 0 Å². The minimum absolute atomic E-state index is 0.654. The molecule has 0 aromatic rings. The fraction of sp³-hybridized carbons (Fsp3) is 1.00. The number of ether oxygens (including phenoxy) is 4. The van der Waals surface area contributed by atoms with Crippen LogP contribution in [0.25, 0.3) is 0 Å². The van der Waals surface area contributed by atoms with Gasteiger partial charge in [0.2, 0.25) is 0 Å². The standard InChI is InChI=1S/C13H24O9/c1-4-6(14)7(15)9(17)13(20-4)22-11-5(2)21-12(19-3)10(18)8(11)16/h4-18H,1-3H3/t4-,5-,6-,7+,8-,9-,10-,11-,12-,13-/m1/s1. The van der Waals surface area contributed by atoms with E-state index >= 15 is 0 Å². The first-order chi connectivity index (χ1) is 10.3. The van der Waals surface area contributed by atoms with Crippen molar-refractivity contribution in [3.63, 3.8) is 0 Å². The largest absolute Gasteiger partial charge is 0.388 e. The highest BCUT2D eigenvalue weighted by Crippen LogP contribution is 2.28. The average Bonchev–Trinajstić information content (AvgIpc) is 2.49. The van der Waals surface area contributed by atoms with Crippen molar-refractivity contribution in [1.82, 2.24) is 0 Å². The lowest BCUT2D eigenvalue weighted by Gasteiger charge is -2.45. The Morgan fingerprint density at radius 3 is 1.82 bits per heavy atom. The van der Waals surface area contributed by atoms with Gasteiger partial charge in [0, 0.05) is 7.11 Å². The van der Waals surface area contributed by atoms with Crippen LogP contribution in [-0.2, 0) is 18.9 Å². The van der Waals surface area contributed by atoms with Crippen LogP contribution in [0.15, 0.2) is 0 Å². The minimum Gasteiger partial charge on any atom is -0.388 e. The molecular formula is C13H24O9. The predicted octanol–water partition coefficient (Wildman–Crippen LogP) is -2.69. The highest BCUT2D eigenvalue weighted by Gasteiger charge is 2.48. The van der Waals surface area contributed by atoms with Gasteiger partial charge in [-0.1, -0.05) is 0 Å². The van der Waals surface area contributed by atoms with Gasteiger partial charge in [-0.15, -0.1) is 0 Å².